The molecule has 0 aliphatic rings. The topological polar surface area (TPSA) is 113 Å². The van der Waals surface area contributed by atoms with Crippen molar-refractivity contribution in [3.8, 4) is 0 Å². The molecule has 0 amide bonds. The van der Waals surface area contributed by atoms with Gasteiger partial charge in [0.05, 0.1) is 17.8 Å². The van der Waals surface area contributed by atoms with Gasteiger partial charge in [0.25, 0.3) is 0 Å². The molecule has 0 radical (unpaired) electrons. The van der Waals surface area contributed by atoms with E-state index >= 15 is 0 Å². The van der Waals surface area contributed by atoms with Crippen molar-refractivity contribution in [2.75, 3.05) is 0 Å². The maximum absolute atomic E-state index is 12.7. The number of rotatable bonds is 7. The van der Waals surface area contributed by atoms with Gasteiger partial charge in [0, 0.05) is 34.6 Å². The van der Waals surface area contributed by atoms with Crippen LogP contribution in [0.5, 0.6) is 0 Å². The quantitative estimate of drug-likeness (QED) is 0.438. The molecule has 0 aliphatic heterocycles. The molecule has 1 unspecified atom stereocenters. The van der Waals surface area contributed by atoms with E-state index in [0.29, 0.717) is 27.9 Å². The van der Waals surface area contributed by atoms with E-state index < -0.39 is 23.8 Å². The highest BCUT2D eigenvalue weighted by atomic mass is 35.5. The van der Waals surface area contributed by atoms with Gasteiger partial charge >= 0.3 is 11.9 Å². The van der Waals surface area contributed by atoms with Crippen LogP contribution >= 0.6 is 11.6 Å². The van der Waals surface area contributed by atoms with Gasteiger partial charge in [-0.1, -0.05) is 48.0 Å². The number of benzene rings is 2. The first-order chi connectivity index (χ1) is 15.4. The van der Waals surface area contributed by atoms with E-state index in [0.717, 1.165) is 5.56 Å². The Hall–Kier alpha value is -3.84. The van der Waals surface area contributed by atoms with Crippen molar-refractivity contribution in [1.82, 2.24) is 15.2 Å². The number of aromatic nitrogens is 3. The molecule has 7 nitrogen and oxygen atoms in total. The normalized spacial score (nSPS) is 12.9. The Balaban J connectivity index is 1.97. The van der Waals surface area contributed by atoms with Crippen molar-refractivity contribution in [3.05, 3.63) is 101 Å². The highest BCUT2D eigenvalue weighted by Gasteiger charge is 2.47. The van der Waals surface area contributed by atoms with Crippen LogP contribution in [0.2, 0.25) is 5.02 Å². The number of pyridine rings is 1. The zero-order valence-corrected chi connectivity index (χ0v) is 17.5. The standard InChI is InChI=1S/C24H18ClN3O4/c25-17-7-5-16(6-8-17)24(23(31)32,14-21(29)30)22-19-4-2-1-3-18(19)20(27-28-22)13-15-9-11-26-12-10-15/h1-12H,13-14H2,(H,29,30)(H,31,32). The number of halogens is 1. The third-order valence-electron chi connectivity index (χ3n) is 5.41. The van der Waals surface area contributed by atoms with E-state index in [1.807, 2.05) is 24.3 Å². The van der Waals surface area contributed by atoms with Gasteiger partial charge in [-0.25, -0.2) is 0 Å². The molecule has 2 heterocycles. The fourth-order valence-corrected chi connectivity index (χ4v) is 4.01. The Morgan fingerprint density at radius 3 is 2.16 bits per heavy atom. The lowest BCUT2D eigenvalue weighted by Crippen LogP contribution is -2.40. The molecule has 0 spiro atoms. The van der Waals surface area contributed by atoms with E-state index in [1.54, 1.807) is 24.5 Å². The van der Waals surface area contributed by atoms with Crippen molar-refractivity contribution in [1.29, 1.82) is 0 Å². The molecule has 4 rings (SSSR count). The number of hydrogen-bond acceptors (Lipinski definition) is 5. The monoisotopic (exact) mass is 447 g/mol. The fourth-order valence-electron chi connectivity index (χ4n) is 3.88. The molecule has 0 fully saturated rings. The summed E-state index contributed by atoms with van der Waals surface area (Å²) in [6.45, 7) is 0. The lowest BCUT2D eigenvalue weighted by Gasteiger charge is -2.29. The molecule has 2 N–H and O–H groups in total. The van der Waals surface area contributed by atoms with Crippen LogP contribution in [-0.4, -0.2) is 37.3 Å². The van der Waals surface area contributed by atoms with E-state index in [4.69, 9.17) is 11.6 Å². The first-order valence-corrected chi connectivity index (χ1v) is 10.1. The second kappa shape index (κ2) is 8.72. The van der Waals surface area contributed by atoms with Gasteiger partial charge in [0.1, 0.15) is 5.41 Å². The minimum absolute atomic E-state index is 0.0730. The van der Waals surface area contributed by atoms with Crippen LogP contribution in [0.1, 0.15) is 28.9 Å². The molecule has 2 aromatic carbocycles. The van der Waals surface area contributed by atoms with E-state index in [-0.39, 0.29) is 11.3 Å². The zero-order chi connectivity index (χ0) is 22.7. The summed E-state index contributed by atoms with van der Waals surface area (Å²) in [5.74, 6) is -2.60. The number of carbonyl (C=O) groups is 2. The zero-order valence-electron chi connectivity index (χ0n) is 16.8. The number of fused-ring (bicyclic) bond motifs is 1. The third kappa shape index (κ3) is 3.90. The SMILES string of the molecule is O=C(O)CC(C(=O)O)(c1ccc(Cl)cc1)c1nnc(Cc2ccncc2)c2ccccc12. The molecule has 1 atom stereocenters. The maximum Gasteiger partial charge on any atom is 0.320 e. The first kappa shape index (κ1) is 21.4. The van der Waals surface area contributed by atoms with Crippen LogP contribution in [-0.2, 0) is 21.4 Å². The molecular weight excluding hydrogens is 430 g/mol. The average Bonchev–Trinajstić information content (AvgIpc) is 2.79. The predicted octanol–water partition coefficient (Wildman–Crippen LogP) is 4.11. The number of nitrogens with zero attached hydrogens (tertiary/aromatic N) is 3. The van der Waals surface area contributed by atoms with Crippen molar-refractivity contribution < 1.29 is 19.8 Å². The molecule has 4 aromatic rings. The molecule has 0 aliphatic carbocycles. The Morgan fingerprint density at radius 1 is 0.875 bits per heavy atom. The predicted molar refractivity (Wildman–Crippen MR) is 119 cm³/mol. The number of carboxylic acids is 2. The highest BCUT2D eigenvalue weighted by Crippen LogP contribution is 2.39. The van der Waals surface area contributed by atoms with E-state index in [2.05, 4.69) is 15.2 Å². The van der Waals surface area contributed by atoms with Crippen LogP contribution in [0.15, 0.2) is 73.1 Å². The molecule has 0 saturated heterocycles. The van der Waals surface area contributed by atoms with Crippen molar-refractivity contribution in [2.45, 2.75) is 18.3 Å². The maximum atomic E-state index is 12.7. The summed E-state index contributed by atoms with van der Waals surface area (Å²) in [5.41, 5.74) is 0.0150. The second-order valence-corrected chi connectivity index (χ2v) is 7.80. The van der Waals surface area contributed by atoms with Crippen LogP contribution < -0.4 is 0 Å². The van der Waals surface area contributed by atoms with Crippen LogP contribution in [0, 0.1) is 0 Å². The molecule has 32 heavy (non-hydrogen) atoms. The molecule has 0 saturated carbocycles. The van der Waals surface area contributed by atoms with Gasteiger partial charge in [0.15, 0.2) is 0 Å². The number of aliphatic carboxylic acids is 2. The molecule has 0 bridgehead atoms. The second-order valence-electron chi connectivity index (χ2n) is 7.36. The first-order valence-electron chi connectivity index (χ1n) is 9.77. The van der Waals surface area contributed by atoms with E-state index in [1.165, 1.54) is 24.3 Å². The van der Waals surface area contributed by atoms with Crippen LogP contribution in [0.3, 0.4) is 0 Å². The highest BCUT2D eigenvalue weighted by molar-refractivity contribution is 6.30. The van der Waals surface area contributed by atoms with E-state index in [9.17, 15) is 19.8 Å². The lowest BCUT2D eigenvalue weighted by atomic mass is 9.73. The molecule has 160 valence electrons. The summed E-state index contributed by atoms with van der Waals surface area (Å²) < 4.78 is 0. The van der Waals surface area contributed by atoms with Gasteiger partial charge in [0.2, 0.25) is 0 Å². The van der Waals surface area contributed by atoms with Crippen LogP contribution in [0.4, 0.5) is 0 Å². The summed E-state index contributed by atoms with van der Waals surface area (Å²) in [6, 6.07) is 17.0. The van der Waals surface area contributed by atoms with Gasteiger partial charge in [-0.3, -0.25) is 14.6 Å². The smallest absolute Gasteiger partial charge is 0.320 e. The Kier molecular flexibility index (Phi) is 5.83. The average molecular weight is 448 g/mol. The summed E-state index contributed by atoms with van der Waals surface area (Å²) in [7, 11) is 0. The van der Waals surface area contributed by atoms with Crippen LogP contribution in [0.25, 0.3) is 10.8 Å². The minimum Gasteiger partial charge on any atom is -0.481 e. The fraction of sp³-hybridized carbons (Fsp3) is 0.125. The molecule has 8 heteroatoms. The molecular formula is C24H18ClN3O4. The number of carboxylic acid groups (broad SMARTS) is 2. The van der Waals surface area contributed by atoms with Gasteiger partial charge in [-0.15, -0.1) is 0 Å². The Labute approximate surface area is 188 Å². The Morgan fingerprint density at radius 2 is 1.53 bits per heavy atom. The summed E-state index contributed by atoms with van der Waals surface area (Å²) in [5, 5.41) is 30.3. The minimum atomic E-state index is -1.95. The summed E-state index contributed by atoms with van der Waals surface area (Å²) >= 11 is 5.99. The van der Waals surface area contributed by atoms with Crippen molar-refractivity contribution >= 4 is 34.3 Å². The van der Waals surface area contributed by atoms with Gasteiger partial charge in [-0.05, 0) is 35.4 Å². The summed E-state index contributed by atoms with van der Waals surface area (Å²) in [6.07, 6.45) is 3.13. The number of hydrogen-bond donors (Lipinski definition) is 2. The largest absolute Gasteiger partial charge is 0.481 e. The van der Waals surface area contributed by atoms with Gasteiger partial charge in [-0.2, -0.15) is 10.2 Å². The lowest BCUT2D eigenvalue weighted by molar-refractivity contribution is -0.148. The van der Waals surface area contributed by atoms with Gasteiger partial charge < -0.3 is 10.2 Å². The van der Waals surface area contributed by atoms with Crippen molar-refractivity contribution in [3.63, 3.8) is 0 Å². The van der Waals surface area contributed by atoms with Crippen molar-refractivity contribution in [2.24, 2.45) is 0 Å². The summed E-state index contributed by atoms with van der Waals surface area (Å²) in [4.78, 5) is 28.5. The third-order valence-corrected chi connectivity index (χ3v) is 5.66. The Bertz CT molecular complexity index is 1300. The molecule has 2 aromatic heterocycles.